The van der Waals surface area contributed by atoms with Gasteiger partial charge in [0.2, 0.25) is 10.0 Å². The van der Waals surface area contributed by atoms with E-state index in [1.165, 1.54) is 4.31 Å². The molecule has 0 aromatic carbocycles. The molecule has 0 aliphatic heterocycles. The summed E-state index contributed by atoms with van der Waals surface area (Å²) in [5.74, 6) is 0. The molecule has 0 fully saturated rings. The summed E-state index contributed by atoms with van der Waals surface area (Å²) in [6, 6.07) is 0. The molecule has 0 spiro atoms. The Morgan fingerprint density at radius 2 is 2.10 bits per heavy atom. The Labute approximate surface area is 62.4 Å². The molecule has 0 aromatic rings. The Balaban J connectivity index is 4.19. The average Bonchev–Trinajstić information content (AvgIpc) is 1.89. The first kappa shape index (κ1) is 9.65. The van der Waals surface area contributed by atoms with Crippen LogP contribution in [0.5, 0.6) is 0 Å². The molecule has 3 nitrogen and oxygen atoms in total. The first-order chi connectivity index (χ1) is 4.54. The standard InChI is InChI=1S/C6H13NO2S/c1-4-6-7(3)10(8,9)5-2/h5H,2,4,6H2,1,3H3. The van der Waals surface area contributed by atoms with Crippen LogP contribution in [0.25, 0.3) is 0 Å². The second kappa shape index (κ2) is 3.73. The lowest BCUT2D eigenvalue weighted by atomic mass is 10.5. The van der Waals surface area contributed by atoms with Crippen LogP contribution in [-0.4, -0.2) is 26.3 Å². The maximum absolute atomic E-state index is 10.9. The summed E-state index contributed by atoms with van der Waals surface area (Å²) in [6.45, 7) is 5.68. The van der Waals surface area contributed by atoms with Gasteiger partial charge in [0.15, 0.2) is 0 Å². The van der Waals surface area contributed by atoms with Crippen LogP contribution < -0.4 is 0 Å². The molecule has 4 heteroatoms. The van der Waals surface area contributed by atoms with Crippen molar-refractivity contribution in [3.05, 3.63) is 12.0 Å². The van der Waals surface area contributed by atoms with E-state index in [0.29, 0.717) is 6.54 Å². The molecule has 0 heterocycles. The fourth-order valence-electron chi connectivity index (χ4n) is 0.569. The largest absolute Gasteiger partial charge is 0.235 e. The van der Waals surface area contributed by atoms with Crippen LogP contribution in [0.2, 0.25) is 0 Å². The van der Waals surface area contributed by atoms with Gasteiger partial charge in [-0.2, -0.15) is 0 Å². The van der Waals surface area contributed by atoms with Crippen LogP contribution in [0, 0.1) is 0 Å². The van der Waals surface area contributed by atoms with Crippen LogP contribution in [0.3, 0.4) is 0 Å². The minimum Gasteiger partial charge on any atom is -0.208 e. The van der Waals surface area contributed by atoms with Crippen molar-refractivity contribution in [3.63, 3.8) is 0 Å². The van der Waals surface area contributed by atoms with Crippen LogP contribution in [-0.2, 0) is 10.0 Å². The Morgan fingerprint density at radius 3 is 2.40 bits per heavy atom. The third-order valence-electron chi connectivity index (χ3n) is 1.18. The van der Waals surface area contributed by atoms with E-state index < -0.39 is 10.0 Å². The molecular formula is C6H13NO2S. The molecule has 0 bridgehead atoms. The summed E-state index contributed by atoms with van der Waals surface area (Å²) in [6.07, 6.45) is 0.823. The molecule has 0 unspecified atom stereocenters. The molecule has 0 rings (SSSR count). The van der Waals surface area contributed by atoms with Gasteiger partial charge >= 0.3 is 0 Å². The van der Waals surface area contributed by atoms with Gasteiger partial charge in [0.25, 0.3) is 0 Å². The van der Waals surface area contributed by atoms with Gasteiger partial charge in [-0.15, -0.1) is 0 Å². The Bertz CT molecular complexity index is 196. The van der Waals surface area contributed by atoms with E-state index in [-0.39, 0.29) is 0 Å². The van der Waals surface area contributed by atoms with Crippen LogP contribution >= 0.6 is 0 Å². The quantitative estimate of drug-likeness (QED) is 0.614. The van der Waals surface area contributed by atoms with Crippen molar-refractivity contribution in [2.45, 2.75) is 13.3 Å². The monoisotopic (exact) mass is 163 g/mol. The van der Waals surface area contributed by atoms with Gasteiger partial charge in [-0.3, -0.25) is 0 Å². The molecule has 0 N–H and O–H groups in total. The first-order valence-corrected chi connectivity index (χ1v) is 4.63. The SMILES string of the molecule is C=CS(=O)(=O)N(C)CCC. The Hall–Kier alpha value is -0.350. The van der Waals surface area contributed by atoms with Gasteiger partial charge in [-0.05, 0) is 6.42 Å². The van der Waals surface area contributed by atoms with Crippen molar-refractivity contribution < 1.29 is 8.42 Å². The number of rotatable bonds is 4. The van der Waals surface area contributed by atoms with Crippen molar-refractivity contribution in [3.8, 4) is 0 Å². The van der Waals surface area contributed by atoms with E-state index in [2.05, 4.69) is 6.58 Å². The normalized spacial score (nSPS) is 11.9. The zero-order chi connectivity index (χ0) is 8.20. The number of nitrogens with zero attached hydrogens (tertiary/aromatic N) is 1. The molecule has 0 amide bonds. The second-order valence-electron chi connectivity index (χ2n) is 2.03. The summed E-state index contributed by atoms with van der Waals surface area (Å²) in [5, 5.41) is 0.961. The van der Waals surface area contributed by atoms with E-state index in [9.17, 15) is 8.42 Å². The van der Waals surface area contributed by atoms with Gasteiger partial charge in [0, 0.05) is 19.0 Å². The van der Waals surface area contributed by atoms with E-state index in [0.717, 1.165) is 11.8 Å². The molecule has 0 aliphatic carbocycles. The zero-order valence-corrected chi connectivity index (χ0v) is 7.19. The molecule has 0 aromatic heterocycles. The maximum atomic E-state index is 10.9. The predicted octanol–water partition coefficient (Wildman–Crippen LogP) is 0.802. The highest BCUT2D eigenvalue weighted by atomic mass is 32.2. The summed E-state index contributed by atoms with van der Waals surface area (Å²) >= 11 is 0. The summed E-state index contributed by atoms with van der Waals surface area (Å²) in [4.78, 5) is 0. The van der Waals surface area contributed by atoms with Crippen LogP contribution in [0.15, 0.2) is 12.0 Å². The van der Waals surface area contributed by atoms with E-state index in [1.54, 1.807) is 7.05 Å². The van der Waals surface area contributed by atoms with Crippen molar-refractivity contribution in [2.75, 3.05) is 13.6 Å². The highest BCUT2D eigenvalue weighted by Gasteiger charge is 2.10. The molecule has 0 saturated heterocycles. The van der Waals surface area contributed by atoms with Crippen LogP contribution in [0.4, 0.5) is 0 Å². The number of sulfonamides is 1. The van der Waals surface area contributed by atoms with Crippen molar-refractivity contribution in [1.82, 2.24) is 4.31 Å². The molecule has 0 radical (unpaired) electrons. The van der Waals surface area contributed by atoms with Gasteiger partial charge in [-0.25, -0.2) is 12.7 Å². The Kier molecular flexibility index (Phi) is 3.60. The van der Waals surface area contributed by atoms with Gasteiger partial charge in [0.05, 0.1) is 0 Å². The van der Waals surface area contributed by atoms with Crippen molar-refractivity contribution >= 4 is 10.0 Å². The van der Waals surface area contributed by atoms with Gasteiger partial charge < -0.3 is 0 Å². The van der Waals surface area contributed by atoms with Crippen LogP contribution in [0.1, 0.15) is 13.3 Å². The van der Waals surface area contributed by atoms with Gasteiger partial charge in [-0.1, -0.05) is 13.5 Å². The molecular weight excluding hydrogens is 150 g/mol. The third-order valence-corrected chi connectivity index (χ3v) is 2.66. The van der Waals surface area contributed by atoms with Gasteiger partial charge in [0.1, 0.15) is 0 Å². The average molecular weight is 163 g/mol. The van der Waals surface area contributed by atoms with E-state index in [1.807, 2.05) is 6.92 Å². The lowest BCUT2D eigenvalue weighted by molar-refractivity contribution is 0.476. The number of hydrogen-bond acceptors (Lipinski definition) is 2. The maximum Gasteiger partial charge on any atom is 0.235 e. The van der Waals surface area contributed by atoms with E-state index in [4.69, 9.17) is 0 Å². The molecule has 10 heavy (non-hydrogen) atoms. The van der Waals surface area contributed by atoms with E-state index >= 15 is 0 Å². The minimum absolute atomic E-state index is 0.550. The zero-order valence-electron chi connectivity index (χ0n) is 6.37. The highest BCUT2D eigenvalue weighted by Crippen LogP contribution is 1.98. The molecule has 60 valence electrons. The summed E-state index contributed by atoms with van der Waals surface area (Å²) in [5.41, 5.74) is 0. The predicted molar refractivity (Wildman–Crippen MR) is 42.0 cm³/mol. The third kappa shape index (κ3) is 2.49. The second-order valence-corrected chi connectivity index (χ2v) is 4.02. The Morgan fingerprint density at radius 1 is 1.60 bits per heavy atom. The smallest absolute Gasteiger partial charge is 0.208 e. The fourth-order valence-corrected chi connectivity index (χ4v) is 1.26. The fraction of sp³-hybridized carbons (Fsp3) is 0.667. The van der Waals surface area contributed by atoms with Crippen molar-refractivity contribution in [1.29, 1.82) is 0 Å². The molecule has 0 atom stereocenters. The summed E-state index contributed by atoms with van der Waals surface area (Å²) < 4.78 is 23.1. The molecule has 0 aliphatic rings. The lowest BCUT2D eigenvalue weighted by Gasteiger charge is -2.11. The van der Waals surface area contributed by atoms with Crippen molar-refractivity contribution in [2.24, 2.45) is 0 Å². The first-order valence-electron chi connectivity index (χ1n) is 3.13. The highest BCUT2D eigenvalue weighted by molar-refractivity contribution is 7.91. The molecule has 0 saturated carbocycles. The topological polar surface area (TPSA) is 37.4 Å². The number of hydrogen-bond donors (Lipinski definition) is 0. The summed E-state index contributed by atoms with van der Waals surface area (Å²) in [7, 11) is -1.62. The minimum atomic E-state index is -3.16. The lowest BCUT2D eigenvalue weighted by Crippen LogP contribution is -2.25.